The topological polar surface area (TPSA) is 120 Å². The number of rotatable bonds is 13. The van der Waals surface area contributed by atoms with Gasteiger partial charge in [0.15, 0.2) is 0 Å². The van der Waals surface area contributed by atoms with Crippen molar-refractivity contribution in [3.05, 3.63) is 48.5 Å². The number of aliphatic hydroxyl groups is 1. The van der Waals surface area contributed by atoms with Gasteiger partial charge in [0.2, 0.25) is 17.7 Å². The summed E-state index contributed by atoms with van der Waals surface area (Å²) in [6, 6.07) is 13.2. The Kier molecular flexibility index (Phi) is 9.51. The molecular formula is C34H46N4O6. The first-order chi connectivity index (χ1) is 21.2. The number of likely N-dealkylation sites (tertiary alicyclic amines) is 1. The van der Waals surface area contributed by atoms with Gasteiger partial charge in [-0.15, -0.1) is 0 Å². The molecule has 0 aromatic heterocycles. The fraction of sp³-hybridized carbons (Fsp3) is 0.559. The van der Waals surface area contributed by atoms with Crippen LogP contribution in [0.15, 0.2) is 48.5 Å². The van der Waals surface area contributed by atoms with Crippen molar-refractivity contribution in [2.24, 2.45) is 17.8 Å². The molecule has 238 valence electrons. The zero-order valence-corrected chi connectivity index (χ0v) is 26.4. The molecule has 2 aromatic carbocycles. The summed E-state index contributed by atoms with van der Waals surface area (Å²) in [4.78, 5) is 46.1. The Labute approximate surface area is 260 Å². The normalized spacial score (nSPS) is 26.1. The summed E-state index contributed by atoms with van der Waals surface area (Å²) in [5.41, 5.74) is 1.10. The Balaban J connectivity index is 1.44. The number of nitrogens with one attached hydrogen (secondary N) is 2. The van der Waals surface area contributed by atoms with Crippen LogP contribution in [0.3, 0.4) is 0 Å². The molecule has 3 amide bonds. The van der Waals surface area contributed by atoms with Crippen LogP contribution in [0.4, 0.5) is 17.1 Å². The first-order valence-corrected chi connectivity index (χ1v) is 16.0. The number of anilines is 3. The first kappa shape index (κ1) is 31.8. The number of aliphatic hydroxyl groups excluding tert-OH is 1. The highest BCUT2D eigenvalue weighted by Gasteiger charge is 2.75. The number of carbonyl (C=O) groups excluding carboxylic acids is 3. The second-order valence-corrected chi connectivity index (χ2v) is 12.4. The molecule has 0 aliphatic carbocycles. The molecular weight excluding hydrogens is 560 g/mol. The van der Waals surface area contributed by atoms with Crippen molar-refractivity contribution in [3.8, 4) is 5.75 Å². The van der Waals surface area contributed by atoms with Gasteiger partial charge in [-0.25, -0.2) is 0 Å². The fourth-order valence-electron chi connectivity index (χ4n) is 7.49. The number of ether oxygens (including phenoxy) is 2. The molecule has 2 unspecified atom stereocenters. The molecule has 3 N–H and O–H groups in total. The third kappa shape index (κ3) is 5.77. The molecule has 0 saturated carbocycles. The van der Waals surface area contributed by atoms with Gasteiger partial charge in [-0.2, -0.15) is 0 Å². The quantitative estimate of drug-likeness (QED) is 0.311. The number of benzene rings is 2. The minimum atomic E-state index is -1.15. The smallest absolute Gasteiger partial charge is 0.250 e. The molecule has 3 saturated heterocycles. The predicted octanol–water partition coefficient (Wildman–Crippen LogP) is 4.29. The summed E-state index contributed by atoms with van der Waals surface area (Å²) >= 11 is 0. The van der Waals surface area contributed by atoms with Crippen LogP contribution in [0.25, 0.3) is 0 Å². The molecule has 3 fully saturated rings. The van der Waals surface area contributed by atoms with Crippen LogP contribution in [0.2, 0.25) is 0 Å². The Morgan fingerprint density at radius 3 is 2.20 bits per heavy atom. The molecule has 2 bridgehead atoms. The second-order valence-electron chi connectivity index (χ2n) is 12.4. The minimum absolute atomic E-state index is 0.172. The SMILES string of the molecule is CCOc1ccc(NC(=O)[C@@H]2[C@H]3C(=O)N([C@@H](CO)CC(C)C)C(C(=O)Nc4ccc(N(CC)CC)cc4)C34CC[C@H]2O4)cc1. The highest BCUT2D eigenvalue weighted by atomic mass is 16.5. The van der Waals surface area contributed by atoms with Gasteiger partial charge in [0, 0.05) is 30.2 Å². The van der Waals surface area contributed by atoms with Gasteiger partial charge in [0.05, 0.1) is 37.2 Å². The van der Waals surface area contributed by atoms with E-state index in [4.69, 9.17) is 9.47 Å². The van der Waals surface area contributed by atoms with Crippen molar-refractivity contribution < 1.29 is 29.0 Å². The van der Waals surface area contributed by atoms with Gasteiger partial charge in [-0.05, 0) is 94.5 Å². The zero-order valence-electron chi connectivity index (χ0n) is 26.4. The van der Waals surface area contributed by atoms with Crippen LogP contribution >= 0.6 is 0 Å². The average Bonchev–Trinajstić information content (AvgIpc) is 3.65. The summed E-state index contributed by atoms with van der Waals surface area (Å²) in [6.07, 6.45) is 1.08. The monoisotopic (exact) mass is 606 g/mol. The molecule has 6 atom stereocenters. The Morgan fingerprint density at radius 2 is 1.64 bits per heavy atom. The summed E-state index contributed by atoms with van der Waals surface area (Å²) < 4.78 is 12.1. The largest absolute Gasteiger partial charge is 0.494 e. The average molecular weight is 607 g/mol. The standard InChI is InChI=1S/C34H46N4O6/c1-6-37(7-2)24-13-9-22(10-14-24)36-32(41)30-34-18-17-27(44-34)28(29(34)33(42)38(30)25(20-39)19-21(4)5)31(40)35-23-11-15-26(16-12-23)43-8-3/h9-16,21,25,27-30,39H,6-8,17-20H2,1-5H3,(H,35,40)(H,36,41)/t25-,27-,28+,29+,30?,34?/m1/s1. The van der Waals surface area contributed by atoms with Crippen molar-refractivity contribution in [2.45, 2.75) is 77.7 Å². The van der Waals surface area contributed by atoms with Crippen LogP contribution in [-0.2, 0) is 19.1 Å². The van der Waals surface area contributed by atoms with E-state index in [0.29, 0.717) is 43.0 Å². The molecule has 2 aromatic rings. The zero-order chi connectivity index (χ0) is 31.6. The van der Waals surface area contributed by atoms with Crippen molar-refractivity contribution in [2.75, 3.05) is 41.8 Å². The Bertz CT molecular complexity index is 1330. The van der Waals surface area contributed by atoms with E-state index in [1.54, 1.807) is 24.3 Å². The summed E-state index contributed by atoms with van der Waals surface area (Å²) in [5, 5.41) is 16.5. The summed E-state index contributed by atoms with van der Waals surface area (Å²) in [6.45, 7) is 12.1. The molecule has 44 heavy (non-hydrogen) atoms. The third-order valence-corrected chi connectivity index (χ3v) is 9.33. The highest BCUT2D eigenvalue weighted by molar-refractivity contribution is 6.05. The van der Waals surface area contributed by atoms with Gasteiger partial charge in [0.1, 0.15) is 17.4 Å². The maximum Gasteiger partial charge on any atom is 0.250 e. The van der Waals surface area contributed by atoms with Crippen molar-refractivity contribution in [1.82, 2.24) is 4.90 Å². The van der Waals surface area contributed by atoms with E-state index in [1.165, 1.54) is 4.90 Å². The second kappa shape index (κ2) is 13.2. The first-order valence-electron chi connectivity index (χ1n) is 16.0. The van der Waals surface area contributed by atoms with Crippen molar-refractivity contribution >= 4 is 34.8 Å². The molecule has 5 rings (SSSR count). The number of hydrogen-bond acceptors (Lipinski definition) is 7. The maximum atomic E-state index is 14.3. The number of fused-ring (bicyclic) bond motifs is 1. The predicted molar refractivity (Wildman–Crippen MR) is 170 cm³/mol. The third-order valence-electron chi connectivity index (χ3n) is 9.33. The lowest BCUT2D eigenvalue weighted by Gasteiger charge is -2.37. The van der Waals surface area contributed by atoms with Gasteiger partial charge in [-0.3, -0.25) is 14.4 Å². The van der Waals surface area contributed by atoms with E-state index < -0.39 is 35.6 Å². The molecule has 0 radical (unpaired) electrons. The molecule has 3 heterocycles. The summed E-state index contributed by atoms with van der Waals surface area (Å²) in [7, 11) is 0. The van der Waals surface area contributed by atoms with Crippen molar-refractivity contribution in [1.29, 1.82) is 0 Å². The fourth-order valence-corrected chi connectivity index (χ4v) is 7.49. The van der Waals surface area contributed by atoms with Crippen LogP contribution in [0.5, 0.6) is 5.75 Å². The van der Waals surface area contributed by atoms with E-state index in [1.807, 2.05) is 45.0 Å². The minimum Gasteiger partial charge on any atom is -0.494 e. The highest BCUT2D eigenvalue weighted by Crippen LogP contribution is 2.59. The van der Waals surface area contributed by atoms with Crippen LogP contribution in [0, 0.1) is 17.8 Å². The molecule has 3 aliphatic rings. The van der Waals surface area contributed by atoms with E-state index in [-0.39, 0.29) is 30.2 Å². The van der Waals surface area contributed by atoms with Crippen molar-refractivity contribution in [3.63, 3.8) is 0 Å². The molecule has 10 nitrogen and oxygen atoms in total. The Hall–Kier alpha value is -3.63. The summed E-state index contributed by atoms with van der Waals surface area (Å²) in [5.74, 6) is -1.70. The van der Waals surface area contributed by atoms with E-state index in [0.717, 1.165) is 18.8 Å². The number of carbonyl (C=O) groups is 3. The van der Waals surface area contributed by atoms with Gasteiger partial charge in [0.25, 0.3) is 0 Å². The number of nitrogens with zero attached hydrogens (tertiary/aromatic N) is 2. The van der Waals surface area contributed by atoms with E-state index >= 15 is 0 Å². The van der Waals surface area contributed by atoms with Crippen LogP contribution in [0.1, 0.15) is 53.9 Å². The van der Waals surface area contributed by atoms with Gasteiger partial charge in [-0.1, -0.05) is 13.8 Å². The van der Waals surface area contributed by atoms with Crippen LogP contribution in [-0.4, -0.2) is 77.8 Å². The lowest BCUT2D eigenvalue weighted by atomic mass is 9.70. The lowest BCUT2D eigenvalue weighted by molar-refractivity contribution is -0.143. The molecule has 1 spiro atoms. The van der Waals surface area contributed by atoms with E-state index in [2.05, 4.69) is 29.4 Å². The van der Waals surface area contributed by atoms with Gasteiger partial charge >= 0.3 is 0 Å². The lowest BCUT2D eigenvalue weighted by Crippen LogP contribution is -2.56. The maximum absolute atomic E-state index is 14.3. The van der Waals surface area contributed by atoms with E-state index in [9.17, 15) is 19.5 Å². The Morgan fingerprint density at radius 1 is 1.02 bits per heavy atom. The molecule has 10 heteroatoms. The van der Waals surface area contributed by atoms with Crippen LogP contribution < -0.4 is 20.3 Å². The molecule has 3 aliphatic heterocycles. The number of hydrogen-bond donors (Lipinski definition) is 3. The van der Waals surface area contributed by atoms with Gasteiger partial charge < -0.3 is 35.0 Å². The number of amides is 3.